The van der Waals surface area contributed by atoms with Crippen LogP contribution in [0.3, 0.4) is 0 Å². The lowest BCUT2D eigenvalue weighted by atomic mass is 9.93. The van der Waals surface area contributed by atoms with E-state index in [-0.39, 0.29) is 6.04 Å². The van der Waals surface area contributed by atoms with Gasteiger partial charge in [0.1, 0.15) is 0 Å². The number of methoxy groups -OCH3 is 2. The molecule has 3 N–H and O–H groups in total. The molecule has 2 aromatic rings. The van der Waals surface area contributed by atoms with E-state index < -0.39 is 0 Å². The Balaban J connectivity index is 0.00000159. The third-order valence-electron chi connectivity index (χ3n) is 6.08. The Morgan fingerprint density at radius 3 is 1.85 bits per heavy atom. The number of anilines is 1. The Morgan fingerprint density at radius 2 is 1.44 bits per heavy atom. The van der Waals surface area contributed by atoms with Crippen LogP contribution in [0.2, 0.25) is 0 Å². The summed E-state index contributed by atoms with van der Waals surface area (Å²) in [6.45, 7) is 15.0. The number of carbonyl (C=O) groups excluding carboxylic acids is 1. The summed E-state index contributed by atoms with van der Waals surface area (Å²) in [4.78, 5) is 13.2. The number of carbonyl (C=O) groups is 1. The van der Waals surface area contributed by atoms with Crippen molar-refractivity contribution >= 4 is 17.8 Å². The summed E-state index contributed by atoms with van der Waals surface area (Å²) in [5.74, 6) is 2.07. The Bertz CT molecular complexity index is 939. The first-order chi connectivity index (χ1) is 18.7. The number of amides is 1. The molecule has 0 saturated heterocycles. The van der Waals surface area contributed by atoms with E-state index in [1.165, 1.54) is 12.1 Å². The largest absolute Gasteiger partial charge is 0.493 e. The summed E-state index contributed by atoms with van der Waals surface area (Å²) >= 11 is 0. The smallest absolute Gasteiger partial charge is 0.207 e. The zero-order valence-electron chi connectivity index (χ0n) is 26.1. The van der Waals surface area contributed by atoms with Gasteiger partial charge in [0.05, 0.1) is 19.9 Å². The van der Waals surface area contributed by atoms with E-state index in [1.54, 1.807) is 14.2 Å². The monoisotopic (exact) mass is 542 g/mol. The quantitative estimate of drug-likeness (QED) is 0.192. The second kappa shape index (κ2) is 20.8. The number of nitrogens with zero attached hydrogens (tertiary/aromatic N) is 1. The van der Waals surface area contributed by atoms with Gasteiger partial charge in [-0.3, -0.25) is 10.2 Å². The van der Waals surface area contributed by atoms with Gasteiger partial charge in [0, 0.05) is 35.9 Å². The van der Waals surface area contributed by atoms with Gasteiger partial charge >= 0.3 is 0 Å². The zero-order valence-corrected chi connectivity index (χ0v) is 26.1. The highest BCUT2D eigenvalue weighted by atomic mass is 16.5. The average Bonchev–Trinajstić information content (AvgIpc) is 2.93. The lowest BCUT2D eigenvalue weighted by molar-refractivity contribution is -0.110. The maximum atomic E-state index is 10.8. The SMILES string of the molecule is CCC(C)C.CCCN(CCC)c1ccc(C(=N)c2cc(OC)c(OC)cc2CC(C)NC=O)cc1.CNC. The summed E-state index contributed by atoms with van der Waals surface area (Å²) in [5.41, 5.74) is 4.12. The lowest BCUT2D eigenvalue weighted by Gasteiger charge is -2.24. The van der Waals surface area contributed by atoms with Crippen LogP contribution in [-0.2, 0) is 11.2 Å². The predicted octanol–water partition coefficient (Wildman–Crippen LogP) is 6.31. The fraction of sp³-hybridized carbons (Fsp3) is 0.562. The van der Waals surface area contributed by atoms with Crippen LogP contribution in [0.5, 0.6) is 11.5 Å². The van der Waals surface area contributed by atoms with Gasteiger partial charge in [-0.05, 0) is 76.0 Å². The van der Waals surface area contributed by atoms with Crippen molar-refractivity contribution in [3.63, 3.8) is 0 Å². The second-order valence-electron chi connectivity index (χ2n) is 9.97. The van der Waals surface area contributed by atoms with Crippen LogP contribution in [0.25, 0.3) is 0 Å². The van der Waals surface area contributed by atoms with Crippen molar-refractivity contribution in [1.29, 1.82) is 5.41 Å². The molecule has 0 aromatic heterocycles. The fourth-order valence-corrected chi connectivity index (χ4v) is 3.73. The third-order valence-corrected chi connectivity index (χ3v) is 6.08. The Morgan fingerprint density at radius 1 is 0.949 bits per heavy atom. The molecule has 0 spiro atoms. The molecule has 1 atom stereocenters. The fourth-order valence-electron chi connectivity index (χ4n) is 3.73. The molecule has 0 fully saturated rings. The van der Waals surface area contributed by atoms with Gasteiger partial charge in [-0.2, -0.15) is 0 Å². The van der Waals surface area contributed by atoms with Crippen molar-refractivity contribution in [2.75, 3.05) is 46.3 Å². The normalized spacial score (nSPS) is 10.8. The molecule has 0 heterocycles. The van der Waals surface area contributed by atoms with Crippen LogP contribution in [-0.4, -0.2) is 59.6 Å². The van der Waals surface area contributed by atoms with Crippen LogP contribution in [0.4, 0.5) is 5.69 Å². The molecule has 2 rings (SSSR count). The molecule has 7 nitrogen and oxygen atoms in total. The van der Waals surface area contributed by atoms with Crippen molar-refractivity contribution in [1.82, 2.24) is 10.6 Å². The molecule has 0 saturated carbocycles. The molecule has 39 heavy (non-hydrogen) atoms. The Hall–Kier alpha value is -3.06. The number of rotatable bonds is 14. The van der Waals surface area contributed by atoms with E-state index in [9.17, 15) is 4.79 Å². The highest BCUT2D eigenvalue weighted by Gasteiger charge is 2.18. The van der Waals surface area contributed by atoms with Gasteiger partial charge in [-0.25, -0.2) is 0 Å². The topological polar surface area (TPSA) is 86.7 Å². The molecular formula is C32H54N4O3. The number of ether oxygens (including phenoxy) is 2. The summed E-state index contributed by atoms with van der Waals surface area (Å²) in [6, 6.07) is 11.9. The minimum absolute atomic E-state index is 0.0684. The lowest BCUT2D eigenvalue weighted by Crippen LogP contribution is -2.27. The first-order valence-electron chi connectivity index (χ1n) is 14.1. The molecule has 2 aromatic carbocycles. The second-order valence-corrected chi connectivity index (χ2v) is 9.97. The van der Waals surface area contributed by atoms with Crippen molar-refractivity contribution in [2.45, 2.75) is 73.3 Å². The molecule has 0 bridgehead atoms. The van der Waals surface area contributed by atoms with Crippen LogP contribution < -0.4 is 25.0 Å². The van der Waals surface area contributed by atoms with Gasteiger partial charge < -0.3 is 25.0 Å². The van der Waals surface area contributed by atoms with E-state index in [0.29, 0.717) is 30.0 Å². The summed E-state index contributed by atoms with van der Waals surface area (Å²) in [6.07, 6.45) is 4.78. The van der Waals surface area contributed by atoms with Gasteiger partial charge in [-0.1, -0.05) is 53.2 Å². The van der Waals surface area contributed by atoms with E-state index in [1.807, 2.05) is 45.3 Å². The molecule has 7 heteroatoms. The zero-order chi connectivity index (χ0) is 29.8. The van der Waals surface area contributed by atoms with Crippen molar-refractivity contribution in [2.24, 2.45) is 5.92 Å². The van der Waals surface area contributed by atoms with Crippen molar-refractivity contribution in [3.8, 4) is 11.5 Å². The first-order valence-corrected chi connectivity index (χ1v) is 14.1. The maximum absolute atomic E-state index is 10.8. The standard InChI is InChI=1S/C25H35N3O3.C5H12.C2H7N/c1-6-12-28(13-7-2)21-10-8-19(9-11-21)25(26)22-16-24(31-5)23(30-4)15-20(22)14-18(3)27-17-29;1-4-5(2)3;1-3-2/h8-11,15-18,26H,6-7,12-14H2,1-5H3,(H,27,29);5H,4H2,1-3H3;3H,1-2H3. The number of hydrogen-bond acceptors (Lipinski definition) is 6. The number of benzene rings is 2. The Labute approximate surface area is 238 Å². The number of nitrogens with one attached hydrogen (secondary N) is 3. The molecule has 0 aliphatic heterocycles. The van der Waals surface area contributed by atoms with Crippen molar-refractivity contribution < 1.29 is 14.3 Å². The van der Waals surface area contributed by atoms with Crippen molar-refractivity contribution in [3.05, 3.63) is 53.1 Å². The minimum Gasteiger partial charge on any atom is -0.493 e. The Kier molecular flexibility index (Phi) is 19.2. The van der Waals surface area contributed by atoms with Gasteiger partial charge in [0.2, 0.25) is 6.41 Å². The van der Waals surface area contributed by atoms with Crippen LogP contribution in [0, 0.1) is 11.3 Å². The average molecular weight is 543 g/mol. The molecule has 0 aliphatic rings. The summed E-state index contributed by atoms with van der Waals surface area (Å²) in [5, 5.41) is 14.4. The van der Waals surface area contributed by atoms with E-state index in [0.717, 1.165) is 48.5 Å². The maximum Gasteiger partial charge on any atom is 0.207 e. The predicted molar refractivity (Wildman–Crippen MR) is 167 cm³/mol. The van der Waals surface area contributed by atoms with Crippen LogP contribution in [0.15, 0.2) is 36.4 Å². The summed E-state index contributed by atoms with van der Waals surface area (Å²) in [7, 11) is 6.93. The van der Waals surface area contributed by atoms with Gasteiger partial charge in [0.15, 0.2) is 11.5 Å². The van der Waals surface area contributed by atoms with E-state index >= 15 is 0 Å². The highest BCUT2D eigenvalue weighted by molar-refractivity contribution is 6.12. The van der Waals surface area contributed by atoms with Gasteiger partial charge in [-0.15, -0.1) is 0 Å². The number of hydrogen-bond donors (Lipinski definition) is 3. The molecular weight excluding hydrogens is 488 g/mol. The summed E-state index contributed by atoms with van der Waals surface area (Å²) < 4.78 is 10.9. The molecule has 1 amide bonds. The van der Waals surface area contributed by atoms with Gasteiger partial charge in [0.25, 0.3) is 0 Å². The highest BCUT2D eigenvalue weighted by Crippen LogP contribution is 2.32. The van der Waals surface area contributed by atoms with E-state index in [4.69, 9.17) is 14.9 Å². The molecule has 0 radical (unpaired) electrons. The van der Waals surface area contributed by atoms with E-state index in [2.05, 4.69) is 62.3 Å². The first kappa shape index (κ1) is 35.9. The molecule has 0 aliphatic carbocycles. The molecule has 1 unspecified atom stereocenters. The van der Waals surface area contributed by atoms with Crippen LogP contribution >= 0.6 is 0 Å². The third kappa shape index (κ3) is 13.0. The van der Waals surface area contributed by atoms with Crippen LogP contribution in [0.1, 0.15) is 77.5 Å². The molecule has 220 valence electrons. The minimum atomic E-state index is -0.0684.